The van der Waals surface area contributed by atoms with Crippen molar-refractivity contribution in [2.75, 3.05) is 5.32 Å². The van der Waals surface area contributed by atoms with E-state index in [9.17, 15) is 22.0 Å². The van der Waals surface area contributed by atoms with E-state index in [0.29, 0.717) is 24.7 Å². The molecule has 0 radical (unpaired) electrons. The van der Waals surface area contributed by atoms with Gasteiger partial charge in [-0.2, -0.15) is 0 Å². The van der Waals surface area contributed by atoms with E-state index < -0.39 is 34.8 Å². The molecule has 0 heterocycles. The summed E-state index contributed by atoms with van der Waals surface area (Å²) in [6.07, 6.45) is 1.33. The summed E-state index contributed by atoms with van der Waals surface area (Å²) in [6.45, 7) is 4.05. The molecule has 1 aromatic carbocycles. The topological polar surface area (TPSA) is 12.0 Å². The number of benzene rings is 1. The lowest BCUT2D eigenvalue weighted by molar-refractivity contribution is 0.210. The molecule has 106 valence electrons. The van der Waals surface area contributed by atoms with Crippen molar-refractivity contribution in [1.29, 1.82) is 0 Å². The van der Waals surface area contributed by atoms with Crippen LogP contribution in [0.5, 0.6) is 0 Å². The van der Waals surface area contributed by atoms with Crippen molar-refractivity contribution in [3.63, 3.8) is 0 Å². The van der Waals surface area contributed by atoms with Gasteiger partial charge in [0.25, 0.3) is 0 Å². The molecule has 1 fully saturated rings. The molecule has 0 aliphatic heterocycles. The van der Waals surface area contributed by atoms with E-state index in [1.807, 2.05) is 13.8 Å². The molecule has 0 aromatic heterocycles. The lowest BCUT2D eigenvalue weighted by atomic mass is 9.73. The normalized spacial score (nSPS) is 22.5. The van der Waals surface area contributed by atoms with Crippen LogP contribution in [-0.2, 0) is 0 Å². The fraction of sp³-hybridized carbons (Fsp3) is 0.538. The lowest BCUT2D eigenvalue weighted by Gasteiger charge is -2.39. The Morgan fingerprint density at radius 3 is 1.68 bits per heavy atom. The molecule has 2 rings (SSSR count). The highest BCUT2D eigenvalue weighted by Crippen LogP contribution is 2.37. The molecule has 0 atom stereocenters. The molecule has 0 saturated heterocycles. The van der Waals surface area contributed by atoms with Crippen LogP contribution in [0.25, 0.3) is 0 Å². The summed E-state index contributed by atoms with van der Waals surface area (Å²) >= 11 is 0. The quantitative estimate of drug-likeness (QED) is 0.496. The van der Waals surface area contributed by atoms with E-state index >= 15 is 0 Å². The Morgan fingerprint density at radius 1 is 0.842 bits per heavy atom. The number of halogens is 5. The summed E-state index contributed by atoms with van der Waals surface area (Å²) in [7, 11) is 0. The van der Waals surface area contributed by atoms with Crippen molar-refractivity contribution in [2.45, 2.75) is 32.7 Å². The van der Waals surface area contributed by atoms with Gasteiger partial charge in [0.15, 0.2) is 23.3 Å². The summed E-state index contributed by atoms with van der Waals surface area (Å²) in [6, 6.07) is -0.249. The monoisotopic (exact) mass is 279 g/mol. The van der Waals surface area contributed by atoms with Gasteiger partial charge in [-0.25, -0.2) is 22.0 Å². The predicted molar refractivity (Wildman–Crippen MR) is 61.2 cm³/mol. The second kappa shape index (κ2) is 4.98. The van der Waals surface area contributed by atoms with E-state index in [1.165, 1.54) is 0 Å². The number of nitrogens with one attached hydrogen (secondary N) is 1. The largest absolute Gasteiger partial charge is 0.377 e. The van der Waals surface area contributed by atoms with Crippen molar-refractivity contribution >= 4 is 5.69 Å². The van der Waals surface area contributed by atoms with Crippen LogP contribution < -0.4 is 5.32 Å². The third-order valence-electron chi connectivity index (χ3n) is 3.68. The Balaban J connectivity index is 2.18. The van der Waals surface area contributed by atoms with Crippen molar-refractivity contribution in [1.82, 2.24) is 0 Å². The van der Waals surface area contributed by atoms with Crippen molar-refractivity contribution < 1.29 is 22.0 Å². The maximum atomic E-state index is 13.4. The molecule has 1 saturated carbocycles. The highest BCUT2D eigenvalue weighted by molar-refractivity contribution is 5.49. The second-order valence-electron chi connectivity index (χ2n) is 5.26. The van der Waals surface area contributed by atoms with Crippen molar-refractivity contribution in [2.24, 2.45) is 11.8 Å². The average Bonchev–Trinajstić information content (AvgIpc) is 2.31. The minimum absolute atomic E-state index is 0.249. The minimum Gasteiger partial charge on any atom is -0.377 e. The Labute approximate surface area is 107 Å². The molecule has 19 heavy (non-hydrogen) atoms. The first-order valence-electron chi connectivity index (χ1n) is 6.10. The first kappa shape index (κ1) is 14.1. The zero-order chi connectivity index (χ0) is 14.3. The van der Waals surface area contributed by atoms with Gasteiger partial charge < -0.3 is 5.32 Å². The van der Waals surface area contributed by atoms with Crippen LogP contribution in [0.15, 0.2) is 0 Å². The van der Waals surface area contributed by atoms with Gasteiger partial charge in [-0.1, -0.05) is 13.8 Å². The molecule has 1 aromatic rings. The van der Waals surface area contributed by atoms with Crippen LogP contribution in [0.4, 0.5) is 27.6 Å². The molecule has 0 bridgehead atoms. The van der Waals surface area contributed by atoms with E-state index in [4.69, 9.17) is 0 Å². The molecule has 1 aliphatic carbocycles. The fourth-order valence-electron chi connectivity index (χ4n) is 2.26. The van der Waals surface area contributed by atoms with Gasteiger partial charge >= 0.3 is 0 Å². The number of rotatable bonds is 3. The van der Waals surface area contributed by atoms with Crippen LogP contribution in [0.3, 0.4) is 0 Å². The van der Waals surface area contributed by atoms with Crippen molar-refractivity contribution in [3.8, 4) is 0 Å². The molecule has 0 unspecified atom stereocenters. The molecular formula is C13H14F5N. The molecule has 1 N–H and O–H groups in total. The van der Waals surface area contributed by atoms with Crippen LogP contribution in [0, 0.1) is 40.9 Å². The van der Waals surface area contributed by atoms with Crippen LogP contribution >= 0.6 is 0 Å². The lowest BCUT2D eigenvalue weighted by Crippen LogP contribution is -2.38. The number of anilines is 1. The molecule has 1 aliphatic rings. The summed E-state index contributed by atoms with van der Waals surface area (Å²) in [5.74, 6) is -8.71. The highest BCUT2D eigenvalue weighted by atomic mass is 19.2. The van der Waals surface area contributed by atoms with Crippen LogP contribution in [0.2, 0.25) is 0 Å². The first-order valence-corrected chi connectivity index (χ1v) is 6.10. The van der Waals surface area contributed by atoms with Gasteiger partial charge in [-0.05, 0) is 24.7 Å². The molecular weight excluding hydrogens is 265 g/mol. The maximum absolute atomic E-state index is 13.4. The van der Waals surface area contributed by atoms with Crippen LogP contribution in [-0.4, -0.2) is 6.04 Å². The number of hydrogen-bond acceptors (Lipinski definition) is 1. The Bertz CT molecular complexity index is 465. The van der Waals surface area contributed by atoms with E-state index in [0.717, 1.165) is 0 Å². The predicted octanol–water partition coefficient (Wildman–Crippen LogP) is 4.23. The zero-order valence-corrected chi connectivity index (χ0v) is 10.5. The third kappa shape index (κ3) is 2.40. The SMILES string of the molecule is CC(C)C1CC(Nc2c(F)c(F)c(F)c(F)c2F)C1. The summed E-state index contributed by atoms with van der Waals surface area (Å²) in [5.41, 5.74) is -0.927. The fourth-order valence-corrected chi connectivity index (χ4v) is 2.26. The van der Waals surface area contributed by atoms with Gasteiger partial charge in [0, 0.05) is 6.04 Å². The molecule has 0 spiro atoms. The summed E-state index contributed by atoms with van der Waals surface area (Å²) in [4.78, 5) is 0. The van der Waals surface area contributed by atoms with Crippen LogP contribution in [0.1, 0.15) is 26.7 Å². The second-order valence-corrected chi connectivity index (χ2v) is 5.26. The van der Waals surface area contributed by atoms with Gasteiger partial charge in [-0.3, -0.25) is 0 Å². The zero-order valence-electron chi connectivity index (χ0n) is 10.5. The smallest absolute Gasteiger partial charge is 0.200 e. The Hall–Kier alpha value is -1.33. The Kier molecular flexibility index (Phi) is 3.69. The van der Waals surface area contributed by atoms with E-state index in [2.05, 4.69) is 5.32 Å². The standard InChI is InChI=1S/C13H14F5N/c1-5(2)6-3-7(4-6)19-13-11(17)9(15)8(14)10(16)12(13)18/h5-7,19H,3-4H2,1-2H3. The summed E-state index contributed by atoms with van der Waals surface area (Å²) in [5, 5.41) is 2.41. The van der Waals surface area contributed by atoms with Gasteiger partial charge in [0.2, 0.25) is 5.82 Å². The first-order chi connectivity index (χ1) is 8.82. The van der Waals surface area contributed by atoms with E-state index in [-0.39, 0.29) is 6.04 Å². The average molecular weight is 279 g/mol. The molecule has 6 heteroatoms. The minimum atomic E-state index is -2.13. The highest BCUT2D eigenvalue weighted by Gasteiger charge is 2.34. The van der Waals surface area contributed by atoms with Crippen molar-refractivity contribution in [3.05, 3.63) is 29.1 Å². The van der Waals surface area contributed by atoms with Gasteiger partial charge in [-0.15, -0.1) is 0 Å². The molecule has 0 amide bonds. The molecule has 1 nitrogen and oxygen atoms in total. The van der Waals surface area contributed by atoms with Gasteiger partial charge in [0.1, 0.15) is 5.69 Å². The number of hydrogen-bond donors (Lipinski definition) is 1. The van der Waals surface area contributed by atoms with Gasteiger partial charge in [0.05, 0.1) is 0 Å². The summed E-state index contributed by atoms with van der Waals surface area (Å²) < 4.78 is 65.6. The maximum Gasteiger partial charge on any atom is 0.200 e. The Morgan fingerprint density at radius 2 is 1.26 bits per heavy atom. The third-order valence-corrected chi connectivity index (χ3v) is 3.68. The van der Waals surface area contributed by atoms with E-state index in [1.54, 1.807) is 0 Å².